The fourth-order valence-corrected chi connectivity index (χ4v) is 0.620. The van der Waals surface area contributed by atoms with Gasteiger partial charge in [0.05, 0.1) is 0 Å². The summed E-state index contributed by atoms with van der Waals surface area (Å²) < 4.78 is 13.5. The zero-order valence-corrected chi connectivity index (χ0v) is 8.51. The second kappa shape index (κ2) is 8.42. The number of ether oxygens (including phenoxy) is 3. The van der Waals surface area contributed by atoms with E-state index < -0.39 is 31.1 Å². The van der Waals surface area contributed by atoms with Gasteiger partial charge in [0.2, 0.25) is 0 Å². The number of carbonyl (C=O) groups excluding carboxylic acids is 2. The van der Waals surface area contributed by atoms with E-state index in [1.54, 1.807) is 0 Å². The first-order valence-electron chi connectivity index (χ1n) is 4.30. The van der Waals surface area contributed by atoms with Gasteiger partial charge in [-0.2, -0.15) is 0 Å². The number of carbonyl (C=O) groups is 3. The number of aliphatic carboxylic acids is 1. The van der Waals surface area contributed by atoms with Crippen molar-refractivity contribution < 1.29 is 33.7 Å². The van der Waals surface area contributed by atoms with E-state index in [4.69, 9.17) is 5.11 Å². The van der Waals surface area contributed by atoms with Gasteiger partial charge < -0.3 is 19.3 Å². The minimum Gasteiger partial charge on any atom is -0.480 e. The molecule has 0 aliphatic heterocycles. The highest BCUT2D eigenvalue weighted by Crippen LogP contribution is 1.85. The molecule has 0 bridgehead atoms. The molecule has 0 atom stereocenters. The van der Waals surface area contributed by atoms with Gasteiger partial charge in [-0.15, -0.1) is 0 Å². The maximum absolute atomic E-state index is 10.8. The van der Waals surface area contributed by atoms with Crippen molar-refractivity contribution in [3.05, 3.63) is 12.7 Å². The highest BCUT2D eigenvalue weighted by atomic mass is 16.6. The Kier molecular flexibility index (Phi) is 7.43. The van der Waals surface area contributed by atoms with Gasteiger partial charge in [-0.1, -0.05) is 6.58 Å². The molecular formula is C9H12O7. The molecule has 0 rings (SSSR count). The van der Waals surface area contributed by atoms with Crippen LogP contribution in [0.15, 0.2) is 12.7 Å². The quantitative estimate of drug-likeness (QED) is 0.337. The zero-order chi connectivity index (χ0) is 12.4. The first-order valence-corrected chi connectivity index (χ1v) is 4.30. The lowest BCUT2D eigenvalue weighted by Gasteiger charge is -2.04. The van der Waals surface area contributed by atoms with Gasteiger partial charge in [0.25, 0.3) is 0 Å². The standard InChI is InChI=1S/C9H12O7/c1-2-8(12)15-3-4-16-9(13)6-14-5-7(10)11/h2H,1,3-6H2,(H,10,11). The molecule has 0 aliphatic carbocycles. The summed E-state index contributed by atoms with van der Waals surface area (Å²) in [5, 5.41) is 8.18. The van der Waals surface area contributed by atoms with Crippen molar-refractivity contribution in [1.29, 1.82) is 0 Å². The molecule has 1 N–H and O–H groups in total. The lowest BCUT2D eigenvalue weighted by atomic mass is 10.6. The first-order chi connectivity index (χ1) is 7.56. The van der Waals surface area contributed by atoms with Gasteiger partial charge in [0.15, 0.2) is 0 Å². The third kappa shape index (κ3) is 8.70. The van der Waals surface area contributed by atoms with Crippen molar-refractivity contribution in [2.75, 3.05) is 26.4 Å². The molecular weight excluding hydrogens is 220 g/mol. The second-order valence-corrected chi connectivity index (χ2v) is 2.48. The van der Waals surface area contributed by atoms with E-state index in [0.717, 1.165) is 6.08 Å². The Bertz CT molecular complexity index is 271. The molecule has 16 heavy (non-hydrogen) atoms. The fourth-order valence-electron chi connectivity index (χ4n) is 0.620. The van der Waals surface area contributed by atoms with Gasteiger partial charge in [0, 0.05) is 6.08 Å². The molecule has 0 unspecified atom stereocenters. The highest BCUT2D eigenvalue weighted by molar-refractivity contribution is 5.81. The van der Waals surface area contributed by atoms with Crippen molar-refractivity contribution in [3.63, 3.8) is 0 Å². The van der Waals surface area contributed by atoms with E-state index in [-0.39, 0.29) is 13.2 Å². The van der Waals surface area contributed by atoms with E-state index in [0.29, 0.717) is 0 Å². The van der Waals surface area contributed by atoms with Crippen LogP contribution in [0.25, 0.3) is 0 Å². The van der Waals surface area contributed by atoms with E-state index in [1.165, 1.54) is 0 Å². The van der Waals surface area contributed by atoms with Crippen LogP contribution < -0.4 is 0 Å². The predicted molar refractivity (Wildman–Crippen MR) is 50.6 cm³/mol. The third-order valence-corrected chi connectivity index (χ3v) is 1.20. The van der Waals surface area contributed by atoms with Crippen molar-refractivity contribution in [2.45, 2.75) is 0 Å². The molecule has 90 valence electrons. The molecule has 0 aliphatic rings. The Labute approximate surface area is 91.6 Å². The van der Waals surface area contributed by atoms with Gasteiger partial charge >= 0.3 is 17.9 Å². The maximum atomic E-state index is 10.8. The Balaban J connectivity index is 3.40. The number of hydrogen-bond donors (Lipinski definition) is 1. The minimum absolute atomic E-state index is 0.0878. The molecule has 0 spiro atoms. The lowest BCUT2D eigenvalue weighted by molar-refractivity contribution is -0.156. The van der Waals surface area contributed by atoms with Crippen molar-refractivity contribution >= 4 is 17.9 Å². The summed E-state index contributed by atoms with van der Waals surface area (Å²) in [6.07, 6.45) is 0.984. The highest BCUT2D eigenvalue weighted by Gasteiger charge is 2.05. The normalized spacial score (nSPS) is 9.25. The van der Waals surface area contributed by atoms with Crippen LogP contribution in [-0.2, 0) is 28.6 Å². The topological polar surface area (TPSA) is 99.1 Å². The van der Waals surface area contributed by atoms with Crippen LogP contribution in [0.1, 0.15) is 0 Å². The average Bonchev–Trinajstić information content (AvgIpc) is 2.23. The van der Waals surface area contributed by atoms with Crippen LogP contribution in [0.5, 0.6) is 0 Å². The van der Waals surface area contributed by atoms with Gasteiger partial charge in [0.1, 0.15) is 26.4 Å². The van der Waals surface area contributed by atoms with Crippen LogP contribution in [0.3, 0.4) is 0 Å². The molecule has 0 saturated heterocycles. The molecule has 0 fully saturated rings. The van der Waals surface area contributed by atoms with Crippen molar-refractivity contribution in [3.8, 4) is 0 Å². The Morgan fingerprint density at radius 1 is 1.12 bits per heavy atom. The van der Waals surface area contributed by atoms with Crippen molar-refractivity contribution in [1.82, 2.24) is 0 Å². The summed E-state index contributed by atoms with van der Waals surface area (Å²) in [6, 6.07) is 0. The van der Waals surface area contributed by atoms with Crippen LogP contribution in [-0.4, -0.2) is 49.4 Å². The lowest BCUT2D eigenvalue weighted by Crippen LogP contribution is -2.19. The van der Waals surface area contributed by atoms with Gasteiger partial charge in [-0.25, -0.2) is 14.4 Å². The molecule has 0 aromatic carbocycles. The minimum atomic E-state index is -1.17. The smallest absolute Gasteiger partial charge is 0.332 e. The molecule has 7 heteroatoms. The van der Waals surface area contributed by atoms with E-state index in [1.807, 2.05) is 0 Å². The first kappa shape index (κ1) is 14.1. The summed E-state index contributed by atoms with van der Waals surface area (Å²) in [6.45, 7) is 1.94. The van der Waals surface area contributed by atoms with Crippen LogP contribution >= 0.6 is 0 Å². The van der Waals surface area contributed by atoms with E-state index in [9.17, 15) is 14.4 Å². The Hall–Kier alpha value is -1.89. The maximum Gasteiger partial charge on any atom is 0.332 e. The number of carboxylic acid groups (broad SMARTS) is 1. The largest absolute Gasteiger partial charge is 0.480 e. The molecule has 0 heterocycles. The Morgan fingerprint density at radius 3 is 2.31 bits per heavy atom. The molecule has 0 aromatic rings. The molecule has 0 amide bonds. The fraction of sp³-hybridized carbons (Fsp3) is 0.444. The molecule has 0 radical (unpaired) electrons. The summed E-state index contributed by atoms with van der Waals surface area (Å²) in [4.78, 5) is 31.4. The van der Waals surface area contributed by atoms with Crippen LogP contribution in [0.4, 0.5) is 0 Å². The number of carboxylic acids is 1. The molecule has 0 saturated carbocycles. The third-order valence-electron chi connectivity index (χ3n) is 1.20. The van der Waals surface area contributed by atoms with E-state index in [2.05, 4.69) is 20.8 Å². The van der Waals surface area contributed by atoms with Crippen LogP contribution in [0, 0.1) is 0 Å². The number of hydrogen-bond acceptors (Lipinski definition) is 6. The van der Waals surface area contributed by atoms with Gasteiger partial charge in [-0.3, -0.25) is 0 Å². The number of esters is 2. The number of rotatable bonds is 8. The summed E-state index contributed by atoms with van der Waals surface area (Å²) in [7, 11) is 0. The monoisotopic (exact) mass is 232 g/mol. The summed E-state index contributed by atoms with van der Waals surface area (Å²) in [5.41, 5.74) is 0. The van der Waals surface area contributed by atoms with Crippen molar-refractivity contribution in [2.24, 2.45) is 0 Å². The van der Waals surface area contributed by atoms with Gasteiger partial charge in [-0.05, 0) is 0 Å². The average molecular weight is 232 g/mol. The van der Waals surface area contributed by atoms with E-state index >= 15 is 0 Å². The zero-order valence-electron chi connectivity index (χ0n) is 8.51. The van der Waals surface area contributed by atoms with Crippen LogP contribution in [0.2, 0.25) is 0 Å². The second-order valence-electron chi connectivity index (χ2n) is 2.48. The molecule has 0 aromatic heterocycles. The summed E-state index contributed by atoms with van der Waals surface area (Å²) >= 11 is 0. The summed E-state index contributed by atoms with van der Waals surface area (Å²) in [5.74, 6) is -2.51. The predicted octanol–water partition coefficient (Wildman–Crippen LogP) is -0.640. The SMILES string of the molecule is C=CC(=O)OCCOC(=O)COCC(=O)O. The molecule has 7 nitrogen and oxygen atoms in total. The Morgan fingerprint density at radius 2 is 1.75 bits per heavy atom.